The molecule has 10 heteroatoms. The number of tetrazole rings is 1. The van der Waals surface area contributed by atoms with Crippen molar-refractivity contribution in [3.63, 3.8) is 0 Å². The summed E-state index contributed by atoms with van der Waals surface area (Å²) in [7, 11) is 3.38. The molecule has 166 valence electrons. The number of halogens is 1. The summed E-state index contributed by atoms with van der Waals surface area (Å²) >= 11 is 3.61. The van der Waals surface area contributed by atoms with Crippen LogP contribution in [-0.4, -0.2) is 56.6 Å². The number of hydrogen-bond acceptors (Lipinski definition) is 7. The van der Waals surface area contributed by atoms with Crippen LogP contribution >= 0.6 is 15.9 Å². The van der Waals surface area contributed by atoms with Gasteiger partial charge in [0.25, 0.3) is 0 Å². The Labute approximate surface area is 190 Å². The molecular formula is C21H28BrN7O2. The second kappa shape index (κ2) is 9.46. The largest absolute Gasteiger partial charge is 0.497 e. The van der Waals surface area contributed by atoms with Crippen LogP contribution in [0.2, 0.25) is 0 Å². The molecule has 0 aliphatic carbocycles. The summed E-state index contributed by atoms with van der Waals surface area (Å²) in [5.74, 6) is 2.65. The molecule has 1 aliphatic heterocycles. The number of nitrogens with zero attached hydrogens (tertiary/aromatic N) is 6. The van der Waals surface area contributed by atoms with Crippen molar-refractivity contribution in [3.05, 3.63) is 46.7 Å². The first-order valence-corrected chi connectivity index (χ1v) is 11.2. The molecule has 9 nitrogen and oxygen atoms in total. The number of rotatable bonds is 9. The maximum absolute atomic E-state index is 5.39. The van der Waals surface area contributed by atoms with Gasteiger partial charge in [-0.1, -0.05) is 6.07 Å². The maximum Gasteiger partial charge on any atom is 0.176 e. The zero-order valence-corrected chi connectivity index (χ0v) is 19.7. The van der Waals surface area contributed by atoms with Crippen molar-refractivity contribution in [1.82, 2.24) is 35.1 Å². The van der Waals surface area contributed by atoms with E-state index >= 15 is 0 Å². The lowest BCUT2D eigenvalue weighted by atomic mass is 9.91. The average Bonchev–Trinajstić information content (AvgIpc) is 3.42. The summed E-state index contributed by atoms with van der Waals surface area (Å²) in [6.45, 7) is 3.69. The van der Waals surface area contributed by atoms with Crippen molar-refractivity contribution < 1.29 is 9.47 Å². The topological polar surface area (TPSA) is 91.9 Å². The van der Waals surface area contributed by atoms with Gasteiger partial charge >= 0.3 is 0 Å². The molecule has 3 heterocycles. The predicted molar refractivity (Wildman–Crippen MR) is 119 cm³/mol. The lowest BCUT2D eigenvalue weighted by Crippen LogP contribution is -2.50. The number of hydrogen-bond donors (Lipinski definition) is 1. The highest BCUT2D eigenvalue weighted by atomic mass is 79.9. The molecule has 0 saturated heterocycles. The Bertz CT molecular complexity index is 1020. The molecule has 2 aromatic heterocycles. The third-order valence-corrected chi connectivity index (χ3v) is 6.45. The molecular weight excluding hydrogens is 462 g/mol. The molecule has 2 atom stereocenters. The first-order chi connectivity index (χ1) is 15.0. The Hall–Kier alpha value is -2.30. The van der Waals surface area contributed by atoms with Crippen LogP contribution in [0, 0.1) is 0 Å². The number of aryl methyl sites for hydroxylation is 1. The van der Waals surface area contributed by atoms with Gasteiger partial charge in [-0.3, -0.25) is 0 Å². The molecule has 0 amide bonds. The zero-order valence-electron chi connectivity index (χ0n) is 18.1. The van der Waals surface area contributed by atoms with Gasteiger partial charge in [0.1, 0.15) is 16.2 Å². The van der Waals surface area contributed by atoms with Crippen LogP contribution in [0.15, 0.2) is 35.1 Å². The molecule has 0 bridgehead atoms. The van der Waals surface area contributed by atoms with Crippen molar-refractivity contribution >= 4 is 15.9 Å². The fraction of sp³-hybridized carbons (Fsp3) is 0.524. The van der Waals surface area contributed by atoms with Crippen molar-refractivity contribution in [3.8, 4) is 11.4 Å². The van der Waals surface area contributed by atoms with E-state index in [0.717, 1.165) is 59.9 Å². The number of nitrogens with one attached hydrogen (secondary N) is 1. The highest BCUT2D eigenvalue weighted by molar-refractivity contribution is 9.10. The summed E-state index contributed by atoms with van der Waals surface area (Å²) < 4.78 is 15.7. The van der Waals surface area contributed by atoms with Crippen LogP contribution in [0.25, 0.3) is 5.69 Å². The number of benzene rings is 1. The van der Waals surface area contributed by atoms with Gasteiger partial charge in [-0.05, 0) is 64.7 Å². The standard InChI is InChI=1S/C21H28BrN7O2/c1-21(10-5-11-30-2,24-15-8-9-19-23-13-18(22)28(19)14-15)20-25-26-27-29(20)16-6-4-7-17(12-16)31-3/h4,6-7,12-13,15,24H,5,8-11,14H2,1-3H3. The minimum atomic E-state index is -0.444. The Balaban J connectivity index is 1.64. The number of ether oxygens (including phenoxy) is 2. The summed E-state index contributed by atoms with van der Waals surface area (Å²) in [6.07, 6.45) is 5.53. The zero-order chi connectivity index (χ0) is 21.8. The van der Waals surface area contributed by atoms with Crippen LogP contribution < -0.4 is 10.1 Å². The molecule has 2 unspecified atom stereocenters. The van der Waals surface area contributed by atoms with E-state index in [1.165, 1.54) is 0 Å². The molecule has 4 rings (SSSR count). The summed E-state index contributed by atoms with van der Waals surface area (Å²) in [5, 5.41) is 16.6. The Morgan fingerprint density at radius 3 is 3.00 bits per heavy atom. The van der Waals surface area contributed by atoms with Gasteiger partial charge in [0, 0.05) is 38.8 Å². The molecule has 1 N–H and O–H groups in total. The number of aromatic nitrogens is 6. The monoisotopic (exact) mass is 489 g/mol. The van der Waals surface area contributed by atoms with Gasteiger partial charge in [-0.2, -0.15) is 4.68 Å². The maximum atomic E-state index is 5.39. The lowest BCUT2D eigenvalue weighted by molar-refractivity contribution is 0.167. The van der Waals surface area contributed by atoms with E-state index < -0.39 is 5.54 Å². The number of imidazole rings is 1. The third kappa shape index (κ3) is 4.65. The van der Waals surface area contributed by atoms with Gasteiger partial charge < -0.3 is 19.4 Å². The molecule has 31 heavy (non-hydrogen) atoms. The number of fused-ring (bicyclic) bond motifs is 1. The molecule has 0 fully saturated rings. The highest BCUT2D eigenvalue weighted by Gasteiger charge is 2.36. The summed E-state index contributed by atoms with van der Waals surface area (Å²) in [6, 6.07) is 8.03. The molecule has 1 aliphatic rings. The fourth-order valence-corrected chi connectivity index (χ4v) is 4.68. The average molecular weight is 490 g/mol. The van der Waals surface area contributed by atoms with Gasteiger partial charge in [0.05, 0.1) is 24.5 Å². The molecule has 3 aromatic rings. The lowest BCUT2D eigenvalue weighted by Gasteiger charge is -2.36. The van der Waals surface area contributed by atoms with Gasteiger partial charge in [-0.15, -0.1) is 5.10 Å². The predicted octanol–water partition coefficient (Wildman–Crippen LogP) is 2.88. The van der Waals surface area contributed by atoms with E-state index in [0.29, 0.717) is 6.61 Å². The highest BCUT2D eigenvalue weighted by Crippen LogP contribution is 2.30. The molecule has 0 spiro atoms. The van der Waals surface area contributed by atoms with E-state index in [-0.39, 0.29) is 6.04 Å². The van der Waals surface area contributed by atoms with Crippen LogP contribution in [0.4, 0.5) is 0 Å². The van der Waals surface area contributed by atoms with Crippen LogP contribution in [0.5, 0.6) is 5.75 Å². The van der Waals surface area contributed by atoms with Crippen molar-refractivity contribution in [2.24, 2.45) is 0 Å². The van der Waals surface area contributed by atoms with Crippen LogP contribution in [-0.2, 0) is 23.2 Å². The van der Waals surface area contributed by atoms with Crippen LogP contribution in [0.3, 0.4) is 0 Å². The van der Waals surface area contributed by atoms with Gasteiger partial charge in [-0.25, -0.2) is 4.98 Å². The van der Waals surface area contributed by atoms with E-state index in [1.807, 2.05) is 30.5 Å². The SMILES string of the molecule is COCCCC(C)(NC1CCc2ncc(Br)n2C1)c1nnnn1-c1cccc(OC)c1. The van der Waals surface area contributed by atoms with Crippen LogP contribution in [0.1, 0.15) is 37.8 Å². The van der Waals surface area contributed by atoms with Gasteiger partial charge in [0.2, 0.25) is 0 Å². The summed E-state index contributed by atoms with van der Waals surface area (Å²) in [5.41, 5.74) is 0.419. The third-order valence-electron chi connectivity index (χ3n) is 5.82. The molecule has 1 aromatic carbocycles. The van der Waals surface area contributed by atoms with E-state index in [2.05, 4.69) is 53.2 Å². The smallest absolute Gasteiger partial charge is 0.176 e. The summed E-state index contributed by atoms with van der Waals surface area (Å²) in [4.78, 5) is 4.49. The van der Waals surface area contributed by atoms with E-state index in [4.69, 9.17) is 9.47 Å². The van der Waals surface area contributed by atoms with E-state index in [1.54, 1.807) is 18.9 Å². The van der Waals surface area contributed by atoms with Crippen molar-refractivity contribution in [2.75, 3.05) is 20.8 Å². The Morgan fingerprint density at radius 2 is 2.19 bits per heavy atom. The first kappa shape index (κ1) is 21.9. The first-order valence-electron chi connectivity index (χ1n) is 10.4. The van der Waals surface area contributed by atoms with E-state index in [9.17, 15) is 0 Å². The Kier molecular flexibility index (Phi) is 6.68. The fourth-order valence-electron chi connectivity index (χ4n) is 4.23. The Morgan fingerprint density at radius 1 is 1.32 bits per heavy atom. The van der Waals surface area contributed by atoms with Crippen molar-refractivity contribution in [2.45, 2.75) is 50.7 Å². The normalized spacial score (nSPS) is 17.9. The quantitative estimate of drug-likeness (QED) is 0.462. The molecule has 0 radical (unpaired) electrons. The minimum absolute atomic E-state index is 0.265. The second-order valence-corrected chi connectivity index (χ2v) is 8.84. The molecule has 0 saturated carbocycles. The number of methoxy groups -OCH3 is 2. The second-order valence-electron chi connectivity index (χ2n) is 8.03. The van der Waals surface area contributed by atoms with Crippen molar-refractivity contribution in [1.29, 1.82) is 0 Å². The van der Waals surface area contributed by atoms with Gasteiger partial charge in [0.15, 0.2) is 5.82 Å². The minimum Gasteiger partial charge on any atom is -0.497 e.